The molecule has 25 heavy (non-hydrogen) atoms. The molecule has 0 saturated carbocycles. The molecule has 0 radical (unpaired) electrons. The van der Waals surface area contributed by atoms with Gasteiger partial charge in [-0.3, -0.25) is 4.79 Å². The van der Waals surface area contributed by atoms with Crippen LogP contribution in [0.1, 0.15) is 19.8 Å². The van der Waals surface area contributed by atoms with Crippen molar-refractivity contribution in [2.24, 2.45) is 0 Å². The molecule has 0 spiro atoms. The summed E-state index contributed by atoms with van der Waals surface area (Å²) in [6, 6.07) is 11.8. The molecular formula is C19H19NO5. The predicted molar refractivity (Wildman–Crippen MR) is 94.8 cm³/mol. The number of aromatic hydroxyl groups is 2. The van der Waals surface area contributed by atoms with Crippen LogP contribution in [0.4, 0.5) is 0 Å². The summed E-state index contributed by atoms with van der Waals surface area (Å²) in [7, 11) is 0. The van der Waals surface area contributed by atoms with Crippen molar-refractivity contribution < 1.29 is 19.5 Å². The molecule has 3 aromatic rings. The van der Waals surface area contributed by atoms with Gasteiger partial charge < -0.3 is 19.5 Å². The Morgan fingerprint density at radius 2 is 1.88 bits per heavy atom. The van der Waals surface area contributed by atoms with Gasteiger partial charge in [-0.25, -0.2) is 0 Å². The largest absolute Gasteiger partial charge is 0.504 e. The van der Waals surface area contributed by atoms with E-state index in [1.54, 1.807) is 0 Å². The van der Waals surface area contributed by atoms with Crippen LogP contribution in [0.25, 0.3) is 22.3 Å². The normalized spacial score (nSPS) is 10.9. The first kappa shape index (κ1) is 16.9. The smallest absolute Gasteiger partial charge is 0.204 e. The Balaban J connectivity index is 2.06. The fourth-order valence-electron chi connectivity index (χ4n) is 2.47. The van der Waals surface area contributed by atoms with Gasteiger partial charge in [-0.2, -0.15) is 5.48 Å². The van der Waals surface area contributed by atoms with E-state index in [2.05, 4.69) is 5.48 Å². The third kappa shape index (κ3) is 3.44. The lowest BCUT2D eigenvalue weighted by Crippen LogP contribution is -2.19. The first-order valence-corrected chi connectivity index (χ1v) is 8.09. The van der Waals surface area contributed by atoms with Crippen LogP contribution >= 0.6 is 0 Å². The highest BCUT2D eigenvalue weighted by Gasteiger charge is 2.19. The van der Waals surface area contributed by atoms with Crippen LogP contribution in [0.2, 0.25) is 0 Å². The molecule has 6 nitrogen and oxygen atoms in total. The van der Waals surface area contributed by atoms with Gasteiger partial charge in [0.25, 0.3) is 0 Å². The lowest BCUT2D eigenvalue weighted by atomic mass is 10.1. The summed E-state index contributed by atoms with van der Waals surface area (Å²) in [6.45, 7) is 2.63. The quantitative estimate of drug-likeness (QED) is 0.361. The van der Waals surface area contributed by atoms with Gasteiger partial charge in [-0.15, -0.1) is 0 Å². The lowest BCUT2D eigenvalue weighted by Gasteiger charge is -2.11. The molecule has 0 unspecified atom stereocenters. The van der Waals surface area contributed by atoms with Crippen molar-refractivity contribution in [3.05, 3.63) is 52.7 Å². The summed E-state index contributed by atoms with van der Waals surface area (Å²) in [5.41, 5.74) is 3.13. The van der Waals surface area contributed by atoms with E-state index in [1.165, 1.54) is 12.1 Å². The Morgan fingerprint density at radius 3 is 2.60 bits per heavy atom. The minimum absolute atomic E-state index is 0.00513. The maximum atomic E-state index is 12.4. The zero-order valence-electron chi connectivity index (χ0n) is 13.8. The van der Waals surface area contributed by atoms with Gasteiger partial charge in [-0.05, 0) is 6.42 Å². The van der Waals surface area contributed by atoms with Gasteiger partial charge in [-0.1, -0.05) is 43.7 Å². The van der Waals surface area contributed by atoms with Gasteiger partial charge >= 0.3 is 0 Å². The van der Waals surface area contributed by atoms with Crippen LogP contribution in [0, 0.1) is 0 Å². The Kier molecular flexibility index (Phi) is 4.90. The summed E-state index contributed by atoms with van der Waals surface area (Å²) in [4.78, 5) is 17.7. The van der Waals surface area contributed by atoms with Crippen molar-refractivity contribution in [2.45, 2.75) is 19.8 Å². The summed E-state index contributed by atoms with van der Waals surface area (Å²) in [6.07, 6.45) is 1.88. The van der Waals surface area contributed by atoms with Crippen molar-refractivity contribution in [2.75, 3.05) is 6.54 Å². The number of benzene rings is 2. The minimum atomic E-state index is -0.557. The van der Waals surface area contributed by atoms with Crippen LogP contribution in [0.5, 0.6) is 17.2 Å². The second kappa shape index (κ2) is 7.27. The van der Waals surface area contributed by atoms with E-state index >= 15 is 0 Å². The molecule has 2 aromatic carbocycles. The molecule has 0 aliphatic heterocycles. The van der Waals surface area contributed by atoms with Crippen LogP contribution in [-0.2, 0) is 0 Å². The molecule has 0 aliphatic rings. The molecule has 3 rings (SSSR count). The van der Waals surface area contributed by atoms with Gasteiger partial charge in [0.15, 0.2) is 16.9 Å². The monoisotopic (exact) mass is 341 g/mol. The molecule has 0 saturated heterocycles. The van der Waals surface area contributed by atoms with Crippen LogP contribution in [0.15, 0.2) is 51.7 Å². The number of hydroxylamine groups is 1. The number of hydrogen-bond acceptors (Lipinski definition) is 6. The molecule has 1 heterocycles. The molecule has 0 aliphatic carbocycles. The molecule has 0 atom stereocenters. The van der Waals surface area contributed by atoms with Gasteiger partial charge in [0.1, 0.15) is 16.7 Å². The lowest BCUT2D eigenvalue weighted by molar-refractivity contribution is 0.185. The summed E-state index contributed by atoms with van der Waals surface area (Å²) >= 11 is 0. The average Bonchev–Trinajstić information content (AvgIpc) is 2.63. The first-order chi connectivity index (χ1) is 12.1. The SMILES string of the molecule is CCCCNOc1cc2oc(-c3ccccc3)cc(=O)c2c(O)c1O. The third-order valence-electron chi connectivity index (χ3n) is 3.80. The zero-order valence-corrected chi connectivity index (χ0v) is 13.8. The highest BCUT2D eigenvalue weighted by Crippen LogP contribution is 2.41. The standard InChI is InChI=1S/C19H19NO5/c1-2-3-9-20-25-16-11-15-17(19(23)18(16)22)13(21)10-14(24-15)12-7-5-4-6-8-12/h4-8,10-11,20,22-23H,2-3,9H2,1H3. The van der Waals surface area contributed by atoms with Crippen molar-refractivity contribution in [1.29, 1.82) is 0 Å². The van der Waals surface area contributed by atoms with E-state index in [9.17, 15) is 15.0 Å². The maximum absolute atomic E-state index is 12.4. The summed E-state index contributed by atoms with van der Waals surface area (Å²) < 4.78 is 5.75. The zero-order chi connectivity index (χ0) is 17.8. The van der Waals surface area contributed by atoms with Gasteiger partial charge in [0.05, 0.1) is 0 Å². The first-order valence-electron chi connectivity index (χ1n) is 8.09. The Hall–Kier alpha value is -2.99. The molecule has 0 amide bonds. The Labute approximate surface area is 144 Å². The molecular weight excluding hydrogens is 322 g/mol. The number of nitrogens with one attached hydrogen (secondary N) is 1. The topological polar surface area (TPSA) is 91.9 Å². The number of phenolic OH excluding ortho intramolecular Hbond substituents is 2. The Bertz CT molecular complexity index is 934. The van der Waals surface area contributed by atoms with E-state index < -0.39 is 16.9 Å². The average molecular weight is 341 g/mol. The Morgan fingerprint density at radius 1 is 1.12 bits per heavy atom. The van der Waals surface area contributed by atoms with Crippen molar-refractivity contribution in [1.82, 2.24) is 5.48 Å². The number of rotatable bonds is 6. The predicted octanol–water partition coefficient (Wildman–Crippen LogP) is 3.55. The molecule has 1 aromatic heterocycles. The fourth-order valence-corrected chi connectivity index (χ4v) is 2.47. The molecule has 0 fully saturated rings. The van der Waals surface area contributed by atoms with Gasteiger partial charge in [0.2, 0.25) is 5.75 Å². The maximum Gasteiger partial charge on any atom is 0.204 e. The van der Waals surface area contributed by atoms with Crippen molar-refractivity contribution in [3.8, 4) is 28.6 Å². The highest BCUT2D eigenvalue weighted by molar-refractivity contribution is 5.89. The van der Waals surface area contributed by atoms with Crippen LogP contribution < -0.4 is 15.7 Å². The van der Waals surface area contributed by atoms with E-state index in [1.807, 2.05) is 37.3 Å². The van der Waals surface area contributed by atoms with E-state index in [0.29, 0.717) is 12.3 Å². The minimum Gasteiger partial charge on any atom is -0.504 e. The molecule has 130 valence electrons. The number of fused-ring (bicyclic) bond motifs is 1. The second-order valence-corrected chi connectivity index (χ2v) is 5.64. The second-order valence-electron chi connectivity index (χ2n) is 5.64. The summed E-state index contributed by atoms with van der Waals surface area (Å²) in [5.74, 6) is -0.697. The highest BCUT2D eigenvalue weighted by atomic mass is 16.6. The van der Waals surface area contributed by atoms with E-state index in [4.69, 9.17) is 9.25 Å². The summed E-state index contributed by atoms with van der Waals surface area (Å²) in [5, 5.41) is 20.1. The van der Waals surface area contributed by atoms with E-state index in [0.717, 1.165) is 18.4 Å². The third-order valence-corrected chi connectivity index (χ3v) is 3.80. The van der Waals surface area contributed by atoms with Gasteiger partial charge in [0, 0.05) is 24.2 Å². The van der Waals surface area contributed by atoms with Crippen LogP contribution in [-0.4, -0.2) is 16.8 Å². The van der Waals surface area contributed by atoms with Crippen LogP contribution in [0.3, 0.4) is 0 Å². The van der Waals surface area contributed by atoms with Crippen molar-refractivity contribution >= 4 is 11.0 Å². The number of hydrogen-bond donors (Lipinski definition) is 3. The molecule has 0 bridgehead atoms. The van der Waals surface area contributed by atoms with E-state index in [-0.39, 0.29) is 16.7 Å². The van der Waals surface area contributed by atoms with Crippen molar-refractivity contribution in [3.63, 3.8) is 0 Å². The molecule has 6 heteroatoms. The fraction of sp³-hybridized carbons (Fsp3) is 0.211. The molecule has 3 N–H and O–H groups in total. The number of unbranched alkanes of at least 4 members (excludes halogenated alkanes) is 1. The number of phenols is 2.